The predicted molar refractivity (Wildman–Crippen MR) is 68.2 cm³/mol. The number of amides is 1. The van der Waals surface area contributed by atoms with Crippen LogP contribution in [0.25, 0.3) is 0 Å². The van der Waals surface area contributed by atoms with Crippen molar-refractivity contribution in [1.82, 2.24) is 4.90 Å². The first-order valence-electron chi connectivity index (χ1n) is 7.21. The van der Waals surface area contributed by atoms with Crippen molar-refractivity contribution in [3.05, 3.63) is 0 Å². The molecule has 1 aliphatic heterocycles. The molecular weight excluding hydrogens is 230 g/mol. The molecule has 0 aromatic rings. The van der Waals surface area contributed by atoms with E-state index in [0.717, 1.165) is 12.8 Å². The Morgan fingerprint density at radius 1 is 1.06 bits per heavy atom. The van der Waals surface area contributed by atoms with Crippen molar-refractivity contribution in [2.75, 3.05) is 6.54 Å². The number of likely N-dealkylation sites (tertiary alicyclic amines) is 1. The van der Waals surface area contributed by atoms with E-state index in [-0.39, 0.29) is 5.91 Å². The molecule has 2 fully saturated rings. The Labute approximate surface area is 108 Å². The van der Waals surface area contributed by atoms with Gasteiger partial charge in [-0.3, -0.25) is 4.79 Å². The second kappa shape index (κ2) is 6.21. The fourth-order valence-corrected chi connectivity index (χ4v) is 3.27. The third kappa shape index (κ3) is 3.24. The Balaban J connectivity index is 1.78. The molecule has 102 valence electrons. The van der Waals surface area contributed by atoms with Gasteiger partial charge < -0.3 is 10.0 Å². The van der Waals surface area contributed by atoms with Gasteiger partial charge >= 0.3 is 5.97 Å². The fourth-order valence-electron chi connectivity index (χ4n) is 3.27. The second-order valence-corrected chi connectivity index (χ2v) is 5.63. The minimum absolute atomic E-state index is 0.0467. The predicted octanol–water partition coefficient (Wildman–Crippen LogP) is 2.42. The maximum absolute atomic E-state index is 12.1. The zero-order chi connectivity index (χ0) is 13.0. The summed E-state index contributed by atoms with van der Waals surface area (Å²) in [4.78, 5) is 24.7. The van der Waals surface area contributed by atoms with Gasteiger partial charge in [-0.15, -0.1) is 0 Å². The summed E-state index contributed by atoms with van der Waals surface area (Å²) in [6.07, 6.45) is 9.33. The summed E-state index contributed by atoms with van der Waals surface area (Å²) in [6, 6.07) is -0.566. The van der Waals surface area contributed by atoms with Gasteiger partial charge in [-0.2, -0.15) is 0 Å². The van der Waals surface area contributed by atoms with Gasteiger partial charge in [0.15, 0.2) is 0 Å². The number of carboxylic acid groups (broad SMARTS) is 1. The quantitative estimate of drug-likeness (QED) is 0.837. The Morgan fingerprint density at radius 3 is 2.44 bits per heavy atom. The number of aliphatic carboxylic acids is 1. The topological polar surface area (TPSA) is 57.6 Å². The second-order valence-electron chi connectivity index (χ2n) is 5.63. The monoisotopic (exact) mass is 253 g/mol. The molecular formula is C14H23NO3. The smallest absolute Gasteiger partial charge is 0.326 e. The molecule has 0 radical (unpaired) electrons. The van der Waals surface area contributed by atoms with Crippen LogP contribution in [0.2, 0.25) is 0 Å². The Kier molecular flexibility index (Phi) is 4.61. The van der Waals surface area contributed by atoms with Crippen LogP contribution in [0.1, 0.15) is 57.8 Å². The van der Waals surface area contributed by atoms with Crippen LogP contribution in [0.15, 0.2) is 0 Å². The molecule has 1 saturated heterocycles. The molecule has 1 saturated carbocycles. The van der Waals surface area contributed by atoms with Gasteiger partial charge in [0.05, 0.1) is 0 Å². The molecule has 2 rings (SSSR count). The van der Waals surface area contributed by atoms with Crippen molar-refractivity contribution in [1.29, 1.82) is 0 Å². The van der Waals surface area contributed by atoms with Crippen LogP contribution >= 0.6 is 0 Å². The Bertz CT molecular complexity index is 310. The van der Waals surface area contributed by atoms with Gasteiger partial charge in [0.1, 0.15) is 6.04 Å². The molecule has 1 atom stereocenters. The normalized spacial score (nSPS) is 25.3. The lowest BCUT2D eigenvalue weighted by atomic mass is 9.86. The maximum Gasteiger partial charge on any atom is 0.326 e. The number of hydrogen-bond acceptors (Lipinski definition) is 2. The molecule has 0 aromatic carbocycles. The summed E-state index contributed by atoms with van der Waals surface area (Å²) in [5.41, 5.74) is 0. The molecule has 1 heterocycles. The molecule has 0 spiro atoms. The van der Waals surface area contributed by atoms with Crippen molar-refractivity contribution < 1.29 is 14.7 Å². The van der Waals surface area contributed by atoms with Crippen molar-refractivity contribution in [2.45, 2.75) is 63.8 Å². The van der Waals surface area contributed by atoms with E-state index in [2.05, 4.69) is 0 Å². The molecule has 0 unspecified atom stereocenters. The first-order valence-corrected chi connectivity index (χ1v) is 7.21. The average Bonchev–Trinajstić information content (AvgIpc) is 2.86. The summed E-state index contributed by atoms with van der Waals surface area (Å²) < 4.78 is 0. The summed E-state index contributed by atoms with van der Waals surface area (Å²) >= 11 is 0. The van der Waals surface area contributed by atoms with Crippen molar-refractivity contribution >= 4 is 11.9 Å². The highest BCUT2D eigenvalue weighted by Gasteiger charge is 2.33. The van der Waals surface area contributed by atoms with Crippen LogP contribution in [0.3, 0.4) is 0 Å². The molecule has 4 nitrogen and oxygen atoms in total. The molecule has 1 aliphatic carbocycles. The highest BCUT2D eigenvalue weighted by molar-refractivity contribution is 5.84. The number of carbonyl (C=O) groups is 2. The zero-order valence-electron chi connectivity index (χ0n) is 10.9. The lowest BCUT2D eigenvalue weighted by Gasteiger charge is -2.24. The standard InChI is InChI=1S/C14H23NO3/c16-13(9-8-11-5-2-1-3-6-11)15-10-4-7-12(15)14(17)18/h11-12H,1-10H2,(H,17,18)/t12-/m0/s1. The number of rotatable bonds is 4. The van der Waals surface area contributed by atoms with E-state index in [9.17, 15) is 9.59 Å². The number of nitrogens with zero attached hydrogens (tertiary/aromatic N) is 1. The number of carbonyl (C=O) groups excluding carboxylic acids is 1. The zero-order valence-corrected chi connectivity index (χ0v) is 10.9. The molecule has 1 amide bonds. The largest absolute Gasteiger partial charge is 0.480 e. The van der Waals surface area contributed by atoms with E-state index < -0.39 is 12.0 Å². The van der Waals surface area contributed by atoms with E-state index >= 15 is 0 Å². The lowest BCUT2D eigenvalue weighted by Crippen LogP contribution is -2.40. The third-order valence-corrected chi connectivity index (χ3v) is 4.35. The SMILES string of the molecule is O=C(O)[C@@H]1CCCN1C(=O)CCC1CCCCC1. The summed E-state index contributed by atoms with van der Waals surface area (Å²) in [5, 5.41) is 9.06. The Hall–Kier alpha value is -1.06. The minimum atomic E-state index is -0.849. The van der Waals surface area contributed by atoms with Crippen LogP contribution < -0.4 is 0 Å². The highest BCUT2D eigenvalue weighted by Crippen LogP contribution is 2.28. The summed E-state index contributed by atoms with van der Waals surface area (Å²) in [6.45, 7) is 0.625. The van der Waals surface area contributed by atoms with E-state index in [1.54, 1.807) is 4.90 Å². The number of hydrogen-bond donors (Lipinski definition) is 1. The summed E-state index contributed by atoms with van der Waals surface area (Å²) in [7, 11) is 0. The van der Waals surface area contributed by atoms with Gasteiger partial charge in [0.25, 0.3) is 0 Å². The molecule has 4 heteroatoms. The van der Waals surface area contributed by atoms with Crippen molar-refractivity contribution in [2.24, 2.45) is 5.92 Å². The van der Waals surface area contributed by atoms with E-state index in [1.165, 1.54) is 32.1 Å². The fraction of sp³-hybridized carbons (Fsp3) is 0.857. The average molecular weight is 253 g/mol. The highest BCUT2D eigenvalue weighted by atomic mass is 16.4. The lowest BCUT2D eigenvalue weighted by molar-refractivity contribution is -0.148. The molecule has 2 aliphatic rings. The van der Waals surface area contributed by atoms with Gasteiger partial charge in [-0.1, -0.05) is 32.1 Å². The van der Waals surface area contributed by atoms with Crippen molar-refractivity contribution in [3.63, 3.8) is 0 Å². The van der Waals surface area contributed by atoms with E-state index in [1.807, 2.05) is 0 Å². The summed E-state index contributed by atoms with van der Waals surface area (Å²) in [5.74, 6) is -0.113. The Morgan fingerprint density at radius 2 is 1.78 bits per heavy atom. The van der Waals surface area contributed by atoms with Gasteiger partial charge in [0, 0.05) is 13.0 Å². The molecule has 0 aromatic heterocycles. The van der Waals surface area contributed by atoms with Crippen LogP contribution in [0, 0.1) is 5.92 Å². The molecule has 0 bridgehead atoms. The molecule has 18 heavy (non-hydrogen) atoms. The van der Waals surface area contributed by atoms with Gasteiger partial charge in [0.2, 0.25) is 5.91 Å². The van der Waals surface area contributed by atoms with Crippen LogP contribution in [-0.2, 0) is 9.59 Å². The van der Waals surface area contributed by atoms with Crippen LogP contribution in [0.5, 0.6) is 0 Å². The van der Waals surface area contributed by atoms with E-state index in [0.29, 0.717) is 25.3 Å². The maximum atomic E-state index is 12.1. The first kappa shape index (κ1) is 13.4. The van der Waals surface area contributed by atoms with Gasteiger partial charge in [-0.05, 0) is 25.2 Å². The van der Waals surface area contributed by atoms with Gasteiger partial charge in [-0.25, -0.2) is 4.79 Å². The van der Waals surface area contributed by atoms with Crippen molar-refractivity contribution in [3.8, 4) is 0 Å². The van der Waals surface area contributed by atoms with E-state index in [4.69, 9.17) is 5.11 Å². The number of carboxylic acids is 1. The van der Waals surface area contributed by atoms with Crippen LogP contribution in [0.4, 0.5) is 0 Å². The minimum Gasteiger partial charge on any atom is -0.480 e. The third-order valence-electron chi connectivity index (χ3n) is 4.35. The van der Waals surface area contributed by atoms with Crippen LogP contribution in [-0.4, -0.2) is 34.5 Å². The molecule has 1 N–H and O–H groups in total. The first-order chi connectivity index (χ1) is 8.68.